The van der Waals surface area contributed by atoms with E-state index < -0.39 is 18.5 Å². The van der Waals surface area contributed by atoms with Crippen molar-refractivity contribution in [2.45, 2.75) is 12.7 Å². The summed E-state index contributed by atoms with van der Waals surface area (Å²) in [4.78, 5) is 0. The fraction of sp³-hybridized carbons (Fsp3) is 0.400. The first-order valence-corrected chi connectivity index (χ1v) is 4.52. The number of methoxy groups -OCH3 is 1. The van der Waals surface area contributed by atoms with Crippen molar-refractivity contribution in [2.75, 3.05) is 13.7 Å². The summed E-state index contributed by atoms with van der Waals surface area (Å²) >= 11 is 0. The maximum absolute atomic E-state index is 13.0. The molecule has 90 valence electrons. The number of alkyl halides is 3. The molecule has 0 saturated carbocycles. The van der Waals surface area contributed by atoms with Crippen molar-refractivity contribution < 1.29 is 22.3 Å². The van der Waals surface area contributed by atoms with Crippen LogP contribution in [0.25, 0.3) is 0 Å². The van der Waals surface area contributed by atoms with E-state index in [1.54, 1.807) is 0 Å². The standard InChI is InChI=1S/C10H11F4NO/c1-16-9-4-7(2-3-8(9)11)5-15-6-10(12,13)14/h2-4,15H,5-6H2,1H3. The molecule has 0 aliphatic carbocycles. The van der Waals surface area contributed by atoms with E-state index in [9.17, 15) is 17.6 Å². The minimum atomic E-state index is -4.25. The molecule has 1 aromatic rings. The van der Waals surface area contributed by atoms with Gasteiger partial charge in [-0.05, 0) is 17.7 Å². The van der Waals surface area contributed by atoms with Crippen LogP contribution in [0.5, 0.6) is 5.75 Å². The zero-order chi connectivity index (χ0) is 12.2. The quantitative estimate of drug-likeness (QED) is 0.812. The van der Waals surface area contributed by atoms with E-state index in [0.717, 1.165) is 6.07 Å². The van der Waals surface area contributed by atoms with Crippen LogP contribution in [0.2, 0.25) is 0 Å². The molecule has 0 aliphatic rings. The van der Waals surface area contributed by atoms with E-state index in [0.29, 0.717) is 5.56 Å². The first-order valence-electron chi connectivity index (χ1n) is 4.52. The number of halogens is 4. The lowest BCUT2D eigenvalue weighted by Gasteiger charge is -2.09. The fourth-order valence-corrected chi connectivity index (χ4v) is 1.16. The van der Waals surface area contributed by atoms with Crippen LogP contribution in [0.3, 0.4) is 0 Å². The number of nitrogens with one attached hydrogen (secondary N) is 1. The Morgan fingerprint density at radius 3 is 2.56 bits per heavy atom. The second-order valence-corrected chi connectivity index (χ2v) is 3.19. The van der Waals surface area contributed by atoms with Gasteiger partial charge >= 0.3 is 6.18 Å². The van der Waals surface area contributed by atoms with Crippen LogP contribution in [-0.4, -0.2) is 19.8 Å². The maximum atomic E-state index is 13.0. The van der Waals surface area contributed by atoms with Crippen LogP contribution in [0, 0.1) is 5.82 Å². The zero-order valence-electron chi connectivity index (χ0n) is 8.57. The molecule has 2 nitrogen and oxygen atoms in total. The van der Waals surface area contributed by atoms with Crippen LogP contribution in [0.15, 0.2) is 18.2 Å². The second kappa shape index (κ2) is 5.16. The van der Waals surface area contributed by atoms with Crippen molar-refractivity contribution in [3.05, 3.63) is 29.6 Å². The largest absolute Gasteiger partial charge is 0.494 e. The smallest absolute Gasteiger partial charge is 0.401 e. The maximum Gasteiger partial charge on any atom is 0.401 e. The van der Waals surface area contributed by atoms with E-state index in [1.807, 2.05) is 0 Å². The average molecular weight is 237 g/mol. The van der Waals surface area contributed by atoms with Crippen LogP contribution in [0.4, 0.5) is 17.6 Å². The summed E-state index contributed by atoms with van der Waals surface area (Å²) in [6.07, 6.45) is -4.25. The molecule has 6 heteroatoms. The number of benzene rings is 1. The van der Waals surface area contributed by atoms with Gasteiger partial charge < -0.3 is 10.1 Å². The highest BCUT2D eigenvalue weighted by Gasteiger charge is 2.26. The van der Waals surface area contributed by atoms with Gasteiger partial charge in [0.05, 0.1) is 13.7 Å². The van der Waals surface area contributed by atoms with Gasteiger partial charge in [-0.3, -0.25) is 0 Å². The van der Waals surface area contributed by atoms with Crippen molar-refractivity contribution >= 4 is 0 Å². The number of hydrogen-bond donors (Lipinski definition) is 1. The Bertz CT molecular complexity index is 351. The van der Waals surface area contributed by atoms with Crippen molar-refractivity contribution in [3.63, 3.8) is 0 Å². The van der Waals surface area contributed by atoms with Crippen molar-refractivity contribution in [3.8, 4) is 5.75 Å². The molecule has 0 atom stereocenters. The molecular formula is C10H11F4NO. The molecule has 16 heavy (non-hydrogen) atoms. The van der Waals surface area contributed by atoms with Gasteiger partial charge in [-0.1, -0.05) is 6.07 Å². The molecule has 0 aliphatic heterocycles. The Morgan fingerprint density at radius 2 is 2.00 bits per heavy atom. The summed E-state index contributed by atoms with van der Waals surface area (Å²) in [5.74, 6) is -0.520. The third-order valence-electron chi connectivity index (χ3n) is 1.87. The van der Waals surface area contributed by atoms with Crippen LogP contribution in [-0.2, 0) is 6.54 Å². The molecule has 0 heterocycles. The Hall–Kier alpha value is -1.30. The van der Waals surface area contributed by atoms with E-state index in [2.05, 4.69) is 5.32 Å². The third-order valence-corrected chi connectivity index (χ3v) is 1.87. The van der Waals surface area contributed by atoms with Gasteiger partial charge in [0.25, 0.3) is 0 Å². The zero-order valence-corrected chi connectivity index (χ0v) is 8.57. The minimum absolute atomic E-state index is 0.0101. The fourth-order valence-electron chi connectivity index (χ4n) is 1.16. The Kier molecular flexibility index (Phi) is 4.12. The molecule has 0 bridgehead atoms. The molecule has 0 unspecified atom stereocenters. The highest BCUT2D eigenvalue weighted by molar-refractivity contribution is 5.30. The van der Waals surface area contributed by atoms with Gasteiger partial charge in [0.1, 0.15) is 0 Å². The predicted molar refractivity (Wildman–Crippen MR) is 50.7 cm³/mol. The highest BCUT2D eigenvalue weighted by Crippen LogP contribution is 2.18. The molecular weight excluding hydrogens is 226 g/mol. The van der Waals surface area contributed by atoms with Crippen molar-refractivity contribution in [2.24, 2.45) is 0 Å². The summed E-state index contributed by atoms with van der Waals surface area (Å²) in [5.41, 5.74) is 0.530. The minimum Gasteiger partial charge on any atom is -0.494 e. The first-order chi connectivity index (χ1) is 7.42. The lowest BCUT2D eigenvalue weighted by molar-refractivity contribution is -0.125. The number of ether oxygens (including phenoxy) is 1. The van der Waals surface area contributed by atoms with E-state index in [-0.39, 0.29) is 12.3 Å². The molecule has 0 fully saturated rings. The summed E-state index contributed by atoms with van der Waals surface area (Å²) < 4.78 is 53.1. The lowest BCUT2D eigenvalue weighted by atomic mass is 10.2. The predicted octanol–water partition coefficient (Wildman–Crippen LogP) is 2.49. The lowest BCUT2D eigenvalue weighted by Crippen LogP contribution is -2.28. The molecule has 0 radical (unpaired) electrons. The Morgan fingerprint density at radius 1 is 1.31 bits per heavy atom. The molecule has 1 N–H and O–H groups in total. The topological polar surface area (TPSA) is 21.3 Å². The van der Waals surface area contributed by atoms with Gasteiger partial charge in [0.2, 0.25) is 0 Å². The first kappa shape index (κ1) is 12.8. The molecule has 0 aromatic heterocycles. The van der Waals surface area contributed by atoms with E-state index in [1.165, 1.54) is 19.2 Å². The molecule has 0 amide bonds. The van der Waals surface area contributed by atoms with Crippen LogP contribution < -0.4 is 10.1 Å². The van der Waals surface area contributed by atoms with Gasteiger partial charge in [-0.2, -0.15) is 13.2 Å². The van der Waals surface area contributed by atoms with Crippen molar-refractivity contribution in [1.82, 2.24) is 5.32 Å². The van der Waals surface area contributed by atoms with Gasteiger partial charge in [0.15, 0.2) is 11.6 Å². The summed E-state index contributed by atoms with van der Waals surface area (Å²) in [6.45, 7) is -1.07. The molecule has 0 spiro atoms. The summed E-state index contributed by atoms with van der Waals surface area (Å²) in [5, 5.41) is 2.21. The normalized spacial score (nSPS) is 11.6. The Labute approximate surface area is 90.2 Å². The second-order valence-electron chi connectivity index (χ2n) is 3.19. The SMILES string of the molecule is COc1cc(CNCC(F)(F)F)ccc1F. The summed E-state index contributed by atoms with van der Waals surface area (Å²) in [7, 11) is 1.30. The highest BCUT2D eigenvalue weighted by atomic mass is 19.4. The Balaban J connectivity index is 2.55. The van der Waals surface area contributed by atoms with Gasteiger partial charge in [-0.25, -0.2) is 4.39 Å². The summed E-state index contributed by atoms with van der Waals surface area (Å²) in [6, 6.07) is 3.92. The van der Waals surface area contributed by atoms with Crippen molar-refractivity contribution in [1.29, 1.82) is 0 Å². The number of hydrogen-bond acceptors (Lipinski definition) is 2. The molecule has 0 saturated heterocycles. The molecule has 1 aromatic carbocycles. The van der Waals surface area contributed by atoms with Crippen LogP contribution >= 0.6 is 0 Å². The monoisotopic (exact) mass is 237 g/mol. The third kappa shape index (κ3) is 4.06. The van der Waals surface area contributed by atoms with Gasteiger partial charge in [0, 0.05) is 6.54 Å². The molecule has 1 rings (SSSR count). The number of rotatable bonds is 4. The average Bonchev–Trinajstić information content (AvgIpc) is 2.18. The van der Waals surface area contributed by atoms with Crippen LogP contribution in [0.1, 0.15) is 5.56 Å². The van der Waals surface area contributed by atoms with Gasteiger partial charge in [-0.15, -0.1) is 0 Å². The van der Waals surface area contributed by atoms with E-state index in [4.69, 9.17) is 4.74 Å². The van der Waals surface area contributed by atoms with E-state index >= 15 is 0 Å².